The van der Waals surface area contributed by atoms with E-state index in [4.69, 9.17) is 0 Å². The average Bonchev–Trinajstić information content (AvgIpc) is 2.62. The Bertz CT molecular complexity index is 456. The fraction of sp³-hybridized carbons (Fsp3) is 0.667. The zero-order chi connectivity index (χ0) is 14.8. The third-order valence-corrected chi connectivity index (χ3v) is 3.83. The van der Waals surface area contributed by atoms with Gasteiger partial charge in [-0.2, -0.15) is 13.2 Å². The molecular formula is C12H17F3N2OS. The summed E-state index contributed by atoms with van der Waals surface area (Å²) in [6.45, 7) is 5.52. The average molecular weight is 294 g/mol. The number of carbonyl (C=O) groups is 1. The molecule has 0 saturated carbocycles. The van der Waals surface area contributed by atoms with Gasteiger partial charge in [0.25, 0.3) is 0 Å². The summed E-state index contributed by atoms with van der Waals surface area (Å²) in [7, 11) is 1.51. The molecule has 0 unspecified atom stereocenters. The van der Waals surface area contributed by atoms with E-state index >= 15 is 0 Å². The van der Waals surface area contributed by atoms with Gasteiger partial charge in [0.2, 0.25) is 5.91 Å². The lowest BCUT2D eigenvalue weighted by atomic mass is 10.1. The highest BCUT2D eigenvalue weighted by Crippen LogP contribution is 2.27. The number of carbonyl (C=O) groups excluding carboxylic acids is 1. The normalized spacial score (nSPS) is 13.4. The molecule has 0 aliphatic carbocycles. The number of aromatic nitrogens is 1. The molecule has 1 aromatic heterocycles. The van der Waals surface area contributed by atoms with Crippen LogP contribution in [0.15, 0.2) is 0 Å². The number of rotatable bonds is 4. The molecule has 19 heavy (non-hydrogen) atoms. The maximum atomic E-state index is 12.1. The quantitative estimate of drug-likeness (QED) is 0.849. The minimum absolute atomic E-state index is 0.314. The first-order valence-electron chi connectivity index (χ1n) is 5.88. The lowest BCUT2D eigenvalue weighted by Gasteiger charge is -2.24. The maximum Gasteiger partial charge on any atom is 0.389 e. The Morgan fingerprint density at radius 2 is 2.00 bits per heavy atom. The SMILES string of the molecule is Cc1nc([C@@H](C)N(C)C(=O)CCC(F)(F)F)c(C)s1. The van der Waals surface area contributed by atoms with Gasteiger partial charge < -0.3 is 4.90 Å². The van der Waals surface area contributed by atoms with E-state index in [9.17, 15) is 18.0 Å². The topological polar surface area (TPSA) is 33.2 Å². The van der Waals surface area contributed by atoms with E-state index in [1.807, 2.05) is 13.8 Å². The molecule has 0 N–H and O–H groups in total. The molecule has 108 valence electrons. The zero-order valence-electron chi connectivity index (χ0n) is 11.3. The van der Waals surface area contributed by atoms with E-state index in [1.54, 1.807) is 6.92 Å². The Morgan fingerprint density at radius 3 is 2.42 bits per heavy atom. The Kier molecular flexibility index (Phi) is 4.95. The summed E-state index contributed by atoms with van der Waals surface area (Å²) in [4.78, 5) is 18.4. The van der Waals surface area contributed by atoms with Crippen LogP contribution in [0, 0.1) is 13.8 Å². The number of nitrogens with zero attached hydrogens (tertiary/aromatic N) is 2. The number of hydrogen-bond donors (Lipinski definition) is 0. The highest BCUT2D eigenvalue weighted by atomic mass is 32.1. The van der Waals surface area contributed by atoms with Crippen LogP contribution in [0.1, 0.15) is 41.4 Å². The third-order valence-electron chi connectivity index (χ3n) is 2.93. The predicted octanol–water partition coefficient (Wildman–Crippen LogP) is 3.62. The van der Waals surface area contributed by atoms with Gasteiger partial charge in [0.05, 0.1) is 23.2 Å². The Balaban J connectivity index is 2.69. The summed E-state index contributed by atoms with van der Waals surface area (Å²) in [5, 5.41) is 0.885. The van der Waals surface area contributed by atoms with E-state index in [-0.39, 0.29) is 6.04 Å². The van der Waals surface area contributed by atoms with E-state index in [2.05, 4.69) is 4.98 Å². The second-order valence-corrected chi connectivity index (χ2v) is 5.88. The van der Waals surface area contributed by atoms with Gasteiger partial charge in [-0.05, 0) is 20.8 Å². The summed E-state index contributed by atoms with van der Waals surface area (Å²) in [5.41, 5.74) is 0.755. The van der Waals surface area contributed by atoms with Crippen molar-refractivity contribution in [3.8, 4) is 0 Å². The van der Waals surface area contributed by atoms with Gasteiger partial charge in [0.15, 0.2) is 0 Å². The Morgan fingerprint density at radius 1 is 1.42 bits per heavy atom. The van der Waals surface area contributed by atoms with Crippen LogP contribution in [-0.2, 0) is 4.79 Å². The molecule has 0 aromatic carbocycles. The fourth-order valence-electron chi connectivity index (χ4n) is 1.76. The molecule has 1 amide bonds. The number of halogens is 3. The van der Waals surface area contributed by atoms with Crippen LogP contribution in [0.2, 0.25) is 0 Å². The minimum atomic E-state index is -4.30. The highest BCUT2D eigenvalue weighted by molar-refractivity contribution is 7.11. The standard InChI is InChI=1S/C12H17F3N2OS/c1-7(11-8(2)19-9(3)16-11)17(4)10(18)5-6-12(13,14)15/h7H,5-6H2,1-4H3/t7-/m1/s1. The van der Waals surface area contributed by atoms with Crippen molar-refractivity contribution in [2.75, 3.05) is 7.05 Å². The molecular weight excluding hydrogens is 277 g/mol. The Labute approximate surface area is 114 Å². The number of amides is 1. The van der Waals surface area contributed by atoms with Gasteiger partial charge in [0, 0.05) is 18.3 Å². The van der Waals surface area contributed by atoms with Gasteiger partial charge >= 0.3 is 6.18 Å². The molecule has 0 fully saturated rings. The van der Waals surface area contributed by atoms with Gasteiger partial charge in [-0.3, -0.25) is 4.79 Å². The van der Waals surface area contributed by atoms with Gasteiger partial charge in [-0.15, -0.1) is 11.3 Å². The molecule has 7 heteroatoms. The molecule has 0 saturated heterocycles. The van der Waals surface area contributed by atoms with E-state index in [1.165, 1.54) is 23.3 Å². The van der Waals surface area contributed by atoms with Crippen LogP contribution in [0.3, 0.4) is 0 Å². The summed E-state index contributed by atoms with van der Waals surface area (Å²) < 4.78 is 36.3. The second kappa shape index (κ2) is 5.90. The molecule has 0 aliphatic heterocycles. The lowest BCUT2D eigenvalue weighted by molar-refractivity contribution is -0.149. The van der Waals surface area contributed by atoms with Crippen LogP contribution in [-0.4, -0.2) is 29.0 Å². The molecule has 1 rings (SSSR count). The first-order chi connectivity index (χ1) is 8.61. The van der Waals surface area contributed by atoms with Gasteiger partial charge in [0.1, 0.15) is 0 Å². The van der Waals surface area contributed by atoms with Crippen molar-refractivity contribution in [2.24, 2.45) is 0 Å². The maximum absolute atomic E-state index is 12.1. The van der Waals surface area contributed by atoms with Crippen LogP contribution >= 0.6 is 11.3 Å². The summed E-state index contributed by atoms with van der Waals surface area (Å²) in [6.07, 6.45) is -5.91. The smallest absolute Gasteiger partial charge is 0.337 e. The van der Waals surface area contributed by atoms with E-state index in [0.717, 1.165) is 15.6 Å². The summed E-state index contributed by atoms with van der Waals surface area (Å²) >= 11 is 1.52. The second-order valence-electron chi connectivity index (χ2n) is 4.47. The number of hydrogen-bond acceptors (Lipinski definition) is 3. The minimum Gasteiger partial charge on any atom is -0.337 e. The van der Waals surface area contributed by atoms with Crippen molar-refractivity contribution < 1.29 is 18.0 Å². The number of alkyl halides is 3. The molecule has 0 aliphatic rings. The molecule has 0 radical (unpaired) electrons. The van der Waals surface area contributed by atoms with Crippen LogP contribution in [0.25, 0.3) is 0 Å². The fourth-order valence-corrected chi connectivity index (χ4v) is 2.66. The first-order valence-corrected chi connectivity index (χ1v) is 6.70. The Hall–Kier alpha value is -1.11. The molecule has 0 bridgehead atoms. The van der Waals surface area contributed by atoms with E-state index in [0.29, 0.717) is 0 Å². The van der Waals surface area contributed by atoms with Crippen LogP contribution < -0.4 is 0 Å². The van der Waals surface area contributed by atoms with Gasteiger partial charge in [-0.1, -0.05) is 0 Å². The molecule has 1 atom stereocenters. The molecule has 1 aromatic rings. The predicted molar refractivity (Wildman–Crippen MR) is 68.1 cm³/mol. The highest BCUT2D eigenvalue weighted by Gasteiger charge is 2.30. The van der Waals surface area contributed by atoms with Crippen LogP contribution in [0.4, 0.5) is 13.2 Å². The monoisotopic (exact) mass is 294 g/mol. The van der Waals surface area contributed by atoms with Crippen molar-refractivity contribution in [1.82, 2.24) is 9.88 Å². The zero-order valence-corrected chi connectivity index (χ0v) is 12.2. The van der Waals surface area contributed by atoms with E-state index < -0.39 is 24.9 Å². The molecule has 3 nitrogen and oxygen atoms in total. The van der Waals surface area contributed by atoms with Crippen molar-refractivity contribution >= 4 is 17.2 Å². The number of aryl methyl sites for hydroxylation is 2. The molecule has 1 heterocycles. The largest absolute Gasteiger partial charge is 0.389 e. The van der Waals surface area contributed by atoms with Crippen molar-refractivity contribution in [1.29, 1.82) is 0 Å². The van der Waals surface area contributed by atoms with Crippen molar-refractivity contribution in [3.05, 3.63) is 15.6 Å². The number of thiazole rings is 1. The summed E-state index contributed by atoms with van der Waals surface area (Å²) in [5.74, 6) is -0.519. The third kappa shape index (κ3) is 4.49. The first kappa shape index (κ1) is 15.9. The van der Waals surface area contributed by atoms with Crippen LogP contribution in [0.5, 0.6) is 0 Å². The van der Waals surface area contributed by atoms with Crippen molar-refractivity contribution in [2.45, 2.75) is 45.8 Å². The van der Waals surface area contributed by atoms with Crippen molar-refractivity contribution in [3.63, 3.8) is 0 Å². The van der Waals surface area contributed by atoms with Gasteiger partial charge in [-0.25, -0.2) is 4.98 Å². The summed E-state index contributed by atoms with van der Waals surface area (Å²) in [6, 6.07) is -0.314. The lowest BCUT2D eigenvalue weighted by Crippen LogP contribution is -2.31. The molecule has 0 spiro atoms.